The zero-order valence-corrected chi connectivity index (χ0v) is 11.3. The topological polar surface area (TPSA) is 83.8 Å². The van der Waals surface area contributed by atoms with E-state index in [2.05, 4.69) is 29.4 Å². The minimum Gasteiger partial charge on any atom is -0.395 e. The molecule has 1 unspecified atom stereocenters. The van der Waals surface area contributed by atoms with Crippen molar-refractivity contribution in [2.24, 2.45) is 5.41 Å². The van der Waals surface area contributed by atoms with Crippen molar-refractivity contribution in [3.05, 3.63) is 11.4 Å². The van der Waals surface area contributed by atoms with Crippen molar-refractivity contribution in [1.29, 1.82) is 0 Å². The molecule has 1 aromatic rings. The molecule has 0 aromatic carbocycles. The van der Waals surface area contributed by atoms with Gasteiger partial charge < -0.3 is 11.1 Å². The highest BCUT2D eigenvalue weighted by atomic mass is 16.2. The lowest BCUT2D eigenvalue weighted by atomic mass is 9.87. The van der Waals surface area contributed by atoms with Gasteiger partial charge in [0.05, 0.1) is 11.4 Å². The predicted molar refractivity (Wildman–Crippen MR) is 71.3 cm³/mol. The van der Waals surface area contributed by atoms with E-state index in [9.17, 15) is 4.79 Å². The Hall–Kier alpha value is -1.52. The number of aryl methyl sites for hydroxylation is 1. The molecule has 1 aromatic heterocycles. The highest BCUT2D eigenvalue weighted by molar-refractivity contribution is 5.97. The molecular formula is C13H22N4O. The van der Waals surface area contributed by atoms with Crippen molar-refractivity contribution in [1.82, 2.24) is 15.5 Å². The number of nitrogens with one attached hydrogen (secondary N) is 2. The Labute approximate surface area is 108 Å². The van der Waals surface area contributed by atoms with Gasteiger partial charge >= 0.3 is 0 Å². The summed E-state index contributed by atoms with van der Waals surface area (Å²) in [5, 5.41) is 9.89. The van der Waals surface area contributed by atoms with Crippen LogP contribution in [0.4, 0.5) is 5.69 Å². The first-order valence-corrected chi connectivity index (χ1v) is 6.59. The minimum absolute atomic E-state index is 0.161. The molecule has 2 rings (SSSR count). The number of H-pyrrole nitrogens is 1. The van der Waals surface area contributed by atoms with Crippen LogP contribution in [0.25, 0.3) is 0 Å². The van der Waals surface area contributed by atoms with E-state index < -0.39 is 0 Å². The summed E-state index contributed by atoms with van der Waals surface area (Å²) < 4.78 is 0. The van der Waals surface area contributed by atoms with E-state index >= 15 is 0 Å². The monoisotopic (exact) mass is 250 g/mol. The first kappa shape index (κ1) is 12.9. The Morgan fingerprint density at radius 1 is 1.61 bits per heavy atom. The van der Waals surface area contributed by atoms with Gasteiger partial charge in [0, 0.05) is 6.04 Å². The molecule has 0 radical (unpaired) electrons. The molecule has 100 valence electrons. The van der Waals surface area contributed by atoms with E-state index in [0.29, 0.717) is 11.4 Å². The second-order valence-electron chi connectivity index (χ2n) is 5.72. The molecule has 18 heavy (non-hydrogen) atoms. The molecule has 1 aliphatic rings. The summed E-state index contributed by atoms with van der Waals surface area (Å²) in [4.78, 5) is 12.2. The molecule has 5 heteroatoms. The van der Waals surface area contributed by atoms with Gasteiger partial charge in [-0.1, -0.05) is 27.2 Å². The number of carbonyl (C=O) groups is 1. The molecule has 0 saturated heterocycles. The average molecular weight is 250 g/mol. The normalized spacial score (nSPS) is 22.1. The lowest BCUT2D eigenvalue weighted by Gasteiger charge is -2.27. The van der Waals surface area contributed by atoms with E-state index in [1.165, 1.54) is 0 Å². The van der Waals surface area contributed by atoms with Gasteiger partial charge in [-0.2, -0.15) is 5.10 Å². The largest absolute Gasteiger partial charge is 0.395 e. The Morgan fingerprint density at radius 2 is 2.33 bits per heavy atom. The van der Waals surface area contributed by atoms with Gasteiger partial charge in [0.2, 0.25) is 0 Å². The highest BCUT2D eigenvalue weighted by Crippen LogP contribution is 2.37. The molecule has 5 nitrogen and oxygen atoms in total. The van der Waals surface area contributed by atoms with Crippen LogP contribution in [0.15, 0.2) is 0 Å². The first-order chi connectivity index (χ1) is 8.45. The standard InChI is InChI=1S/C13H22N4O/c1-4-8-10(14)11(17-16-8)12(18)15-9-6-5-7-13(9,2)3/h9H,4-7,14H2,1-3H3,(H,15,18)(H,16,17). The SMILES string of the molecule is CCc1[nH]nc(C(=O)NC2CCCC2(C)C)c1N. The number of hydrogen-bond donors (Lipinski definition) is 3. The number of nitrogens with two attached hydrogens (primary N) is 1. The molecule has 1 aliphatic carbocycles. The zero-order valence-electron chi connectivity index (χ0n) is 11.3. The van der Waals surface area contributed by atoms with Crippen LogP contribution >= 0.6 is 0 Å². The molecule has 1 fully saturated rings. The number of rotatable bonds is 3. The van der Waals surface area contributed by atoms with E-state index in [-0.39, 0.29) is 17.4 Å². The number of anilines is 1. The van der Waals surface area contributed by atoms with Crippen LogP contribution in [0, 0.1) is 5.41 Å². The lowest BCUT2D eigenvalue weighted by molar-refractivity contribution is 0.0906. The van der Waals surface area contributed by atoms with E-state index in [1.807, 2.05) is 6.92 Å². The smallest absolute Gasteiger partial charge is 0.274 e. The fourth-order valence-corrected chi connectivity index (χ4v) is 2.65. The molecule has 0 bridgehead atoms. The van der Waals surface area contributed by atoms with Gasteiger partial charge in [-0.15, -0.1) is 0 Å². The van der Waals surface area contributed by atoms with Gasteiger partial charge in [0.1, 0.15) is 0 Å². The number of nitrogens with zero attached hydrogens (tertiary/aromatic N) is 1. The van der Waals surface area contributed by atoms with Crippen molar-refractivity contribution < 1.29 is 4.79 Å². The van der Waals surface area contributed by atoms with Gasteiger partial charge in [-0.3, -0.25) is 9.89 Å². The number of carbonyl (C=O) groups excluding carboxylic acids is 1. The summed E-state index contributed by atoms with van der Waals surface area (Å²) in [6.45, 7) is 6.36. The maximum Gasteiger partial charge on any atom is 0.274 e. The molecule has 4 N–H and O–H groups in total. The maximum atomic E-state index is 12.2. The van der Waals surface area contributed by atoms with Crippen molar-refractivity contribution in [3.8, 4) is 0 Å². The van der Waals surface area contributed by atoms with E-state index in [1.54, 1.807) is 0 Å². The summed E-state index contributed by atoms with van der Waals surface area (Å²) in [5.74, 6) is -0.163. The Morgan fingerprint density at radius 3 is 2.83 bits per heavy atom. The molecule has 0 spiro atoms. The zero-order chi connectivity index (χ0) is 13.3. The van der Waals surface area contributed by atoms with E-state index in [4.69, 9.17) is 5.73 Å². The number of aromatic amines is 1. The summed E-state index contributed by atoms with van der Waals surface area (Å²) in [6, 6.07) is 0.214. The summed E-state index contributed by atoms with van der Waals surface area (Å²) in [5.41, 5.74) is 7.69. The molecular weight excluding hydrogens is 228 g/mol. The maximum absolute atomic E-state index is 12.2. The van der Waals surface area contributed by atoms with Crippen LogP contribution in [-0.4, -0.2) is 22.1 Å². The van der Waals surface area contributed by atoms with Gasteiger partial charge in [-0.25, -0.2) is 0 Å². The molecule has 1 atom stereocenters. The third-order valence-corrected chi connectivity index (χ3v) is 4.01. The quantitative estimate of drug-likeness (QED) is 0.765. The molecule has 0 aliphatic heterocycles. The van der Waals surface area contributed by atoms with Crippen LogP contribution in [0.2, 0.25) is 0 Å². The number of amides is 1. The van der Waals surface area contributed by atoms with Crippen molar-refractivity contribution in [3.63, 3.8) is 0 Å². The highest BCUT2D eigenvalue weighted by Gasteiger charge is 2.36. The summed E-state index contributed by atoms with van der Waals surface area (Å²) in [7, 11) is 0. The van der Waals surface area contributed by atoms with Crippen LogP contribution in [0.3, 0.4) is 0 Å². The van der Waals surface area contributed by atoms with Crippen LogP contribution in [0.5, 0.6) is 0 Å². The Kier molecular flexibility index (Phi) is 3.32. The molecule has 1 amide bonds. The summed E-state index contributed by atoms with van der Waals surface area (Å²) in [6.07, 6.45) is 4.09. The van der Waals surface area contributed by atoms with Crippen LogP contribution < -0.4 is 11.1 Å². The number of nitrogen functional groups attached to an aromatic ring is 1. The van der Waals surface area contributed by atoms with Crippen molar-refractivity contribution in [2.75, 3.05) is 5.73 Å². The second-order valence-corrected chi connectivity index (χ2v) is 5.72. The van der Waals surface area contributed by atoms with Crippen LogP contribution in [0.1, 0.15) is 56.2 Å². The predicted octanol–water partition coefficient (Wildman–Crippen LogP) is 1.86. The Balaban J connectivity index is 2.10. The average Bonchev–Trinajstić information content (AvgIpc) is 2.82. The van der Waals surface area contributed by atoms with Crippen LogP contribution in [-0.2, 0) is 6.42 Å². The lowest BCUT2D eigenvalue weighted by Crippen LogP contribution is -2.41. The van der Waals surface area contributed by atoms with Gasteiger partial charge in [-0.05, 0) is 24.7 Å². The third kappa shape index (κ3) is 2.21. The fourth-order valence-electron chi connectivity index (χ4n) is 2.65. The minimum atomic E-state index is -0.163. The van der Waals surface area contributed by atoms with Crippen molar-refractivity contribution >= 4 is 11.6 Å². The fraction of sp³-hybridized carbons (Fsp3) is 0.692. The summed E-state index contributed by atoms with van der Waals surface area (Å²) >= 11 is 0. The number of hydrogen-bond acceptors (Lipinski definition) is 3. The van der Waals surface area contributed by atoms with E-state index in [0.717, 1.165) is 31.4 Å². The van der Waals surface area contributed by atoms with Crippen molar-refractivity contribution in [2.45, 2.75) is 52.5 Å². The van der Waals surface area contributed by atoms with Gasteiger partial charge in [0.15, 0.2) is 5.69 Å². The van der Waals surface area contributed by atoms with Gasteiger partial charge in [0.25, 0.3) is 5.91 Å². The third-order valence-electron chi connectivity index (χ3n) is 4.01. The second kappa shape index (κ2) is 4.63. The number of aromatic nitrogens is 2. The Bertz CT molecular complexity index is 450. The molecule has 1 heterocycles. The molecule has 1 saturated carbocycles. The first-order valence-electron chi connectivity index (χ1n) is 6.59.